The molecule has 1 aliphatic rings. The van der Waals surface area contributed by atoms with E-state index in [1.807, 2.05) is 11.7 Å². The van der Waals surface area contributed by atoms with Crippen LogP contribution >= 0.6 is 0 Å². The summed E-state index contributed by atoms with van der Waals surface area (Å²) in [5, 5.41) is 4.57. The van der Waals surface area contributed by atoms with Crippen molar-refractivity contribution in [1.29, 1.82) is 0 Å². The van der Waals surface area contributed by atoms with Crippen LogP contribution in [0.1, 0.15) is 51.3 Å². The fraction of sp³-hybridized carbons (Fsp3) is 0.750. The Balaban J connectivity index is 2.47. The van der Waals surface area contributed by atoms with E-state index in [2.05, 4.69) is 32.1 Å². The van der Waals surface area contributed by atoms with E-state index in [1.165, 1.54) is 12.0 Å². The van der Waals surface area contributed by atoms with E-state index in [0.29, 0.717) is 0 Å². The van der Waals surface area contributed by atoms with Gasteiger partial charge in [-0.05, 0) is 19.3 Å². The van der Waals surface area contributed by atoms with Gasteiger partial charge in [-0.2, -0.15) is 5.10 Å². The highest BCUT2D eigenvalue weighted by Crippen LogP contribution is 2.42. The van der Waals surface area contributed by atoms with E-state index in [0.717, 1.165) is 18.5 Å². The van der Waals surface area contributed by atoms with Crippen LogP contribution in [-0.4, -0.2) is 9.78 Å². The molecule has 0 radical (unpaired) electrons. The summed E-state index contributed by atoms with van der Waals surface area (Å²) < 4.78 is 1.89. The molecule has 1 aromatic heterocycles. The molecule has 1 fully saturated rings. The van der Waals surface area contributed by atoms with Crippen LogP contribution in [0.3, 0.4) is 0 Å². The summed E-state index contributed by atoms with van der Waals surface area (Å²) in [7, 11) is 1.97. The first-order valence-corrected chi connectivity index (χ1v) is 5.66. The molecule has 84 valence electrons. The Morgan fingerprint density at radius 2 is 2.00 bits per heavy atom. The second kappa shape index (κ2) is 3.08. The Morgan fingerprint density at radius 3 is 2.40 bits per heavy atom. The van der Waals surface area contributed by atoms with Crippen molar-refractivity contribution in [2.45, 2.75) is 51.0 Å². The normalized spacial score (nSPS) is 20.1. The zero-order valence-corrected chi connectivity index (χ0v) is 10.2. The Kier molecular flexibility index (Phi) is 2.19. The Morgan fingerprint density at radius 1 is 1.40 bits per heavy atom. The lowest BCUT2D eigenvalue weighted by atomic mass is 9.70. The topological polar surface area (TPSA) is 43.8 Å². The maximum Gasteiger partial charge on any atom is 0.0728 e. The molecule has 0 bridgehead atoms. The third kappa shape index (κ3) is 1.69. The first kappa shape index (κ1) is 10.7. The number of nitrogens with zero attached hydrogens (tertiary/aromatic N) is 2. The molecule has 0 aromatic carbocycles. The van der Waals surface area contributed by atoms with E-state index in [-0.39, 0.29) is 11.0 Å². The van der Waals surface area contributed by atoms with Gasteiger partial charge in [0, 0.05) is 29.8 Å². The Hall–Kier alpha value is -0.830. The SMILES string of the molecule is Cn1cc(C2(N)CCC2)c(C(C)(C)C)n1. The van der Waals surface area contributed by atoms with E-state index in [9.17, 15) is 0 Å². The molecule has 1 heterocycles. The summed E-state index contributed by atoms with van der Waals surface area (Å²) in [6, 6.07) is 0. The highest BCUT2D eigenvalue weighted by atomic mass is 15.3. The molecule has 1 aromatic rings. The largest absolute Gasteiger partial charge is 0.321 e. The zero-order valence-electron chi connectivity index (χ0n) is 10.2. The number of hydrogen-bond acceptors (Lipinski definition) is 2. The molecule has 3 heteroatoms. The molecule has 3 nitrogen and oxygen atoms in total. The van der Waals surface area contributed by atoms with Crippen LogP contribution in [0.2, 0.25) is 0 Å². The lowest BCUT2D eigenvalue weighted by Gasteiger charge is -2.39. The summed E-state index contributed by atoms with van der Waals surface area (Å²) in [5.74, 6) is 0. The van der Waals surface area contributed by atoms with Gasteiger partial charge in [0.1, 0.15) is 0 Å². The van der Waals surface area contributed by atoms with Gasteiger partial charge >= 0.3 is 0 Å². The average molecular weight is 207 g/mol. The second-order valence-corrected chi connectivity index (χ2v) is 5.82. The van der Waals surface area contributed by atoms with Gasteiger partial charge in [-0.25, -0.2) is 0 Å². The molecule has 0 unspecified atom stereocenters. The quantitative estimate of drug-likeness (QED) is 0.766. The van der Waals surface area contributed by atoms with Crippen molar-refractivity contribution >= 4 is 0 Å². The van der Waals surface area contributed by atoms with Gasteiger partial charge in [-0.15, -0.1) is 0 Å². The van der Waals surface area contributed by atoms with Crippen molar-refractivity contribution < 1.29 is 0 Å². The molecule has 1 aliphatic carbocycles. The molecule has 0 aliphatic heterocycles. The fourth-order valence-electron chi connectivity index (χ4n) is 2.23. The summed E-state index contributed by atoms with van der Waals surface area (Å²) in [4.78, 5) is 0. The van der Waals surface area contributed by atoms with Gasteiger partial charge in [-0.1, -0.05) is 20.8 Å². The summed E-state index contributed by atoms with van der Waals surface area (Å²) in [5.41, 5.74) is 8.78. The fourth-order valence-corrected chi connectivity index (χ4v) is 2.23. The molecule has 1 saturated carbocycles. The first-order chi connectivity index (χ1) is 6.83. The molecule has 0 atom stereocenters. The highest BCUT2D eigenvalue weighted by molar-refractivity contribution is 5.33. The van der Waals surface area contributed by atoms with Crippen molar-refractivity contribution in [3.63, 3.8) is 0 Å². The van der Waals surface area contributed by atoms with E-state index < -0.39 is 0 Å². The molecule has 0 spiro atoms. The van der Waals surface area contributed by atoms with Crippen LogP contribution < -0.4 is 5.73 Å². The van der Waals surface area contributed by atoms with Crippen LogP contribution in [0.15, 0.2) is 6.20 Å². The van der Waals surface area contributed by atoms with Gasteiger partial charge in [0.25, 0.3) is 0 Å². The third-order valence-corrected chi connectivity index (χ3v) is 3.32. The zero-order chi connectivity index (χ0) is 11.3. The van der Waals surface area contributed by atoms with Gasteiger partial charge in [0.15, 0.2) is 0 Å². The molecule has 15 heavy (non-hydrogen) atoms. The number of nitrogens with two attached hydrogens (primary N) is 1. The summed E-state index contributed by atoms with van der Waals surface area (Å²) >= 11 is 0. The first-order valence-electron chi connectivity index (χ1n) is 5.66. The van der Waals surface area contributed by atoms with Crippen molar-refractivity contribution in [2.24, 2.45) is 12.8 Å². The van der Waals surface area contributed by atoms with Crippen LogP contribution in [0.25, 0.3) is 0 Å². The predicted octanol–water partition coefficient (Wildman–Crippen LogP) is 2.06. The average Bonchev–Trinajstić information content (AvgIpc) is 2.42. The van der Waals surface area contributed by atoms with Crippen LogP contribution in [-0.2, 0) is 18.0 Å². The Labute approximate surface area is 91.7 Å². The van der Waals surface area contributed by atoms with Crippen molar-refractivity contribution in [2.75, 3.05) is 0 Å². The summed E-state index contributed by atoms with van der Waals surface area (Å²) in [6.07, 6.45) is 5.54. The molecular formula is C12H21N3. The van der Waals surface area contributed by atoms with Crippen LogP contribution in [0.5, 0.6) is 0 Å². The number of rotatable bonds is 1. The monoisotopic (exact) mass is 207 g/mol. The smallest absolute Gasteiger partial charge is 0.0728 e. The van der Waals surface area contributed by atoms with Crippen molar-refractivity contribution in [3.8, 4) is 0 Å². The van der Waals surface area contributed by atoms with Crippen LogP contribution in [0, 0.1) is 0 Å². The maximum atomic E-state index is 6.38. The number of hydrogen-bond donors (Lipinski definition) is 1. The van der Waals surface area contributed by atoms with E-state index in [4.69, 9.17) is 5.73 Å². The second-order valence-electron chi connectivity index (χ2n) is 5.82. The van der Waals surface area contributed by atoms with Gasteiger partial charge in [0.05, 0.1) is 5.69 Å². The summed E-state index contributed by atoms with van der Waals surface area (Å²) in [6.45, 7) is 6.59. The van der Waals surface area contributed by atoms with Gasteiger partial charge < -0.3 is 5.73 Å². The van der Waals surface area contributed by atoms with E-state index in [1.54, 1.807) is 0 Å². The van der Waals surface area contributed by atoms with Gasteiger partial charge in [-0.3, -0.25) is 4.68 Å². The molecule has 0 saturated heterocycles. The minimum atomic E-state index is -0.100. The van der Waals surface area contributed by atoms with E-state index >= 15 is 0 Å². The standard InChI is InChI=1S/C12H21N3/c1-11(2,3)10-9(8-15(4)14-10)12(13)6-5-7-12/h8H,5-7,13H2,1-4H3. The third-order valence-electron chi connectivity index (χ3n) is 3.32. The highest BCUT2D eigenvalue weighted by Gasteiger charge is 2.39. The number of aromatic nitrogens is 2. The lowest BCUT2D eigenvalue weighted by Crippen LogP contribution is -2.44. The molecule has 2 rings (SSSR count). The van der Waals surface area contributed by atoms with Crippen molar-refractivity contribution in [1.82, 2.24) is 9.78 Å². The predicted molar refractivity (Wildman–Crippen MR) is 61.6 cm³/mol. The maximum absolute atomic E-state index is 6.38. The minimum absolute atomic E-state index is 0.0819. The molecular weight excluding hydrogens is 186 g/mol. The molecule has 2 N–H and O–H groups in total. The van der Waals surface area contributed by atoms with Crippen molar-refractivity contribution in [3.05, 3.63) is 17.5 Å². The van der Waals surface area contributed by atoms with Gasteiger partial charge in [0.2, 0.25) is 0 Å². The minimum Gasteiger partial charge on any atom is -0.321 e. The Bertz CT molecular complexity index is 367. The lowest BCUT2D eigenvalue weighted by molar-refractivity contribution is 0.249. The van der Waals surface area contributed by atoms with Crippen LogP contribution in [0.4, 0.5) is 0 Å². The molecule has 0 amide bonds. The number of aryl methyl sites for hydroxylation is 1.